The number of amides is 1. The number of fused-ring (bicyclic) bond motifs is 2. The van der Waals surface area contributed by atoms with E-state index in [1.54, 1.807) is 37.3 Å². The molecule has 0 aliphatic carbocycles. The van der Waals surface area contributed by atoms with Gasteiger partial charge in [-0.15, -0.1) is 0 Å². The summed E-state index contributed by atoms with van der Waals surface area (Å²) in [5, 5.41) is 4.53. The second kappa shape index (κ2) is 8.86. The molecule has 1 amide bonds. The largest absolute Gasteiger partial charge is 0.460 e. The van der Waals surface area contributed by atoms with E-state index in [9.17, 15) is 14.4 Å². The number of rotatable bonds is 3. The highest BCUT2D eigenvalue weighted by atomic mass is 35.5. The summed E-state index contributed by atoms with van der Waals surface area (Å²) in [6.45, 7) is 1.76. The third-order valence-electron chi connectivity index (χ3n) is 4.10. The molecule has 150 valence electrons. The van der Waals surface area contributed by atoms with E-state index in [1.807, 2.05) is 6.07 Å². The number of hydrogen-bond acceptors (Lipinski definition) is 4. The summed E-state index contributed by atoms with van der Waals surface area (Å²) >= 11 is 17.5. The first-order chi connectivity index (χ1) is 13.8. The maximum absolute atomic E-state index is 11.9. The van der Waals surface area contributed by atoms with E-state index >= 15 is 0 Å². The fourth-order valence-corrected chi connectivity index (χ4v) is 3.48. The van der Waals surface area contributed by atoms with Gasteiger partial charge in [-0.3, -0.25) is 9.59 Å². The van der Waals surface area contributed by atoms with Gasteiger partial charge in [-0.1, -0.05) is 46.9 Å². The van der Waals surface area contributed by atoms with Crippen LogP contribution in [0.1, 0.15) is 22.8 Å². The monoisotopic (exact) mass is 452 g/mol. The van der Waals surface area contributed by atoms with Gasteiger partial charge in [-0.2, -0.15) is 0 Å². The average Bonchev–Trinajstić information content (AvgIpc) is 3.18. The minimum atomic E-state index is -0.921. The number of ether oxygens (including phenoxy) is 1. The maximum Gasteiger partial charge on any atom is 0.379 e. The second-order valence-electron chi connectivity index (χ2n) is 6.08. The molecule has 6 nitrogen and oxygen atoms in total. The molecule has 29 heavy (non-hydrogen) atoms. The number of Topliss-reactive ketones (excluding diaryl/α,β-unsaturated/α-hetero) is 1. The zero-order chi connectivity index (χ0) is 21.1. The van der Waals surface area contributed by atoms with Gasteiger partial charge >= 0.3 is 5.97 Å². The number of halogens is 3. The van der Waals surface area contributed by atoms with Crippen LogP contribution in [0.15, 0.2) is 36.4 Å². The van der Waals surface area contributed by atoms with Gasteiger partial charge in [0.1, 0.15) is 5.15 Å². The Morgan fingerprint density at radius 3 is 2.48 bits per heavy atom. The first kappa shape index (κ1) is 21.2. The van der Waals surface area contributed by atoms with Gasteiger partial charge in [0.05, 0.1) is 18.6 Å². The van der Waals surface area contributed by atoms with Crippen molar-refractivity contribution in [1.29, 1.82) is 0 Å². The van der Waals surface area contributed by atoms with E-state index in [-0.39, 0.29) is 23.2 Å². The number of aromatic amines is 1. The van der Waals surface area contributed by atoms with Crippen LogP contribution >= 0.6 is 34.8 Å². The molecule has 2 heterocycles. The van der Waals surface area contributed by atoms with Gasteiger partial charge < -0.3 is 15.0 Å². The summed E-state index contributed by atoms with van der Waals surface area (Å²) in [5.74, 6) is -1.65. The first-order valence-corrected chi connectivity index (χ1v) is 9.70. The molecule has 0 radical (unpaired) electrons. The topological polar surface area (TPSA) is 88.3 Å². The van der Waals surface area contributed by atoms with E-state index in [2.05, 4.69) is 15.0 Å². The van der Waals surface area contributed by atoms with Crippen LogP contribution in [0, 0.1) is 0 Å². The zero-order valence-corrected chi connectivity index (χ0v) is 17.4. The molecule has 1 aliphatic heterocycles. The summed E-state index contributed by atoms with van der Waals surface area (Å²) in [4.78, 5) is 37.0. The number of carbonyl (C=O) groups excluding carboxylic acids is 3. The molecule has 2 aromatic carbocycles. The standard InChI is InChI=1S/C12H9Cl2NO3.C8H6ClNO/c1-2-18-12(17)10(16)9-7-4-3-6(13)5-8(7)15-11(9)14;9-6-2-1-5-3-8(11)10-7(5)4-6/h3-5,15H,2H2,1H3;1-2,4H,3H2,(H,10,11). The zero-order valence-electron chi connectivity index (χ0n) is 15.1. The highest BCUT2D eigenvalue weighted by Gasteiger charge is 2.24. The van der Waals surface area contributed by atoms with E-state index in [1.165, 1.54) is 0 Å². The third-order valence-corrected chi connectivity index (χ3v) is 4.85. The van der Waals surface area contributed by atoms with Crippen molar-refractivity contribution < 1.29 is 19.1 Å². The number of esters is 1. The van der Waals surface area contributed by atoms with E-state index in [0.29, 0.717) is 27.4 Å². The number of benzene rings is 2. The lowest BCUT2D eigenvalue weighted by Gasteiger charge is -2.00. The van der Waals surface area contributed by atoms with Gasteiger partial charge in [0.2, 0.25) is 5.91 Å². The SMILES string of the molecule is CCOC(=O)C(=O)c1c(Cl)[nH]c2cc(Cl)ccc12.O=C1Cc2ccc(Cl)cc2N1. The van der Waals surface area contributed by atoms with Crippen molar-refractivity contribution in [3.05, 3.63) is 62.7 Å². The van der Waals surface area contributed by atoms with Crippen LogP contribution in [-0.2, 0) is 20.7 Å². The molecular formula is C20H15Cl3N2O4. The molecule has 0 saturated carbocycles. The average molecular weight is 454 g/mol. The van der Waals surface area contributed by atoms with Crippen LogP contribution in [0.25, 0.3) is 10.9 Å². The Morgan fingerprint density at radius 1 is 1.07 bits per heavy atom. The highest BCUT2D eigenvalue weighted by molar-refractivity contribution is 6.48. The van der Waals surface area contributed by atoms with Crippen LogP contribution < -0.4 is 5.32 Å². The summed E-state index contributed by atoms with van der Waals surface area (Å²) in [6.07, 6.45) is 0.479. The lowest BCUT2D eigenvalue weighted by Crippen LogP contribution is -2.17. The van der Waals surface area contributed by atoms with Crippen LogP contribution in [0.3, 0.4) is 0 Å². The predicted octanol–water partition coefficient (Wildman–Crippen LogP) is 5.06. The lowest BCUT2D eigenvalue weighted by molar-refractivity contribution is -0.137. The summed E-state index contributed by atoms with van der Waals surface area (Å²) < 4.78 is 4.67. The molecule has 0 spiro atoms. The Bertz CT molecular complexity index is 1120. The summed E-state index contributed by atoms with van der Waals surface area (Å²) in [5.41, 5.74) is 2.59. The van der Waals surface area contributed by atoms with Crippen LogP contribution in [0.5, 0.6) is 0 Å². The maximum atomic E-state index is 11.9. The highest BCUT2D eigenvalue weighted by Crippen LogP contribution is 2.29. The Hall–Kier alpha value is -2.54. The van der Waals surface area contributed by atoms with Gasteiger partial charge in [-0.05, 0) is 36.8 Å². The van der Waals surface area contributed by atoms with Crippen molar-refractivity contribution in [2.24, 2.45) is 0 Å². The van der Waals surface area contributed by atoms with Gasteiger partial charge in [0, 0.05) is 26.6 Å². The van der Waals surface area contributed by atoms with Crippen molar-refractivity contribution in [3.8, 4) is 0 Å². The fraction of sp³-hybridized carbons (Fsp3) is 0.150. The van der Waals surface area contributed by atoms with E-state index in [4.69, 9.17) is 34.8 Å². The lowest BCUT2D eigenvalue weighted by atomic mass is 10.1. The van der Waals surface area contributed by atoms with Gasteiger partial charge in [0.25, 0.3) is 5.78 Å². The number of H-pyrrole nitrogens is 1. The molecule has 0 unspecified atom stereocenters. The number of anilines is 1. The number of aromatic nitrogens is 1. The number of ketones is 1. The smallest absolute Gasteiger partial charge is 0.379 e. The van der Waals surface area contributed by atoms with Crippen LogP contribution in [0.2, 0.25) is 15.2 Å². The molecular weight excluding hydrogens is 439 g/mol. The molecule has 0 saturated heterocycles. The normalized spacial score (nSPS) is 12.1. The van der Waals surface area contributed by atoms with Crippen molar-refractivity contribution in [2.75, 3.05) is 11.9 Å². The predicted molar refractivity (Wildman–Crippen MR) is 113 cm³/mol. The fourth-order valence-electron chi connectivity index (χ4n) is 2.84. The number of carbonyl (C=O) groups is 3. The molecule has 3 aromatic rings. The van der Waals surface area contributed by atoms with Crippen molar-refractivity contribution >= 4 is 69.1 Å². The number of hydrogen-bond donors (Lipinski definition) is 2. The molecule has 9 heteroatoms. The minimum Gasteiger partial charge on any atom is -0.460 e. The quantitative estimate of drug-likeness (QED) is 0.330. The third kappa shape index (κ3) is 4.72. The molecule has 0 atom stereocenters. The van der Waals surface area contributed by atoms with Crippen molar-refractivity contribution in [2.45, 2.75) is 13.3 Å². The van der Waals surface area contributed by atoms with Crippen LogP contribution in [0.4, 0.5) is 5.69 Å². The minimum absolute atomic E-state index is 0.0438. The van der Waals surface area contributed by atoms with E-state index < -0.39 is 11.8 Å². The van der Waals surface area contributed by atoms with Crippen LogP contribution in [-0.4, -0.2) is 29.3 Å². The summed E-state index contributed by atoms with van der Waals surface area (Å²) in [7, 11) is 0. The number of nitrogens with one attached hydrogen (secondary N) is 2. The molecule has 1 aromatic heterocycles. The molecule has 2 N–H and O–H groups in total. The second-order valence-corrected chi connectivity index (χ2v) is 7.33. The first-order valence-electron chi connectivity index (χ1n) is 8.56. The Morgan fingerprint density at radius 2 is 1.76 bits per heavy atom. The molecule has 0 bridgehead atoms. The van der Waals surface area contributed by atoms with E-state index in [0.717, 1.165) is 11.3 Å². The molecule has 1 aliphatic rings. The van der Waals surface area contributed by atoms with Gasteiger partial charge in [0.15, 0.2) is 0 Å². The molecule has 4 rings (SSSR count). The van der Waals surface area contributed by atoms with Crippen molar-refractivity contribution in [3.63, 3.8) is 0 Å². The van der Waals surface area contributed by atoms with Crippen molar-refractivity contribution in [1.82, 2.24) is 4.98 Å². The Balaban J connectivity index is 0.000000186. The van der Waals surface area contributed by atoms with Gasteiger partial charge in [-0.25, -0.2) is 4.79 Å². The Kier molecular flexibility index (Phi) is 6.47. The Labute approximate surface area is 181 Å². The summed E-state index contributed by atoms with van der Waals surface area (Å²) in [6, 6.07) is 10.3. The molecule has 0 fully saturated rings.